The quantitative estimate of drug-likeness (QED) is 0.246. The Bertz CT molecular complexity index is 3930. The topological polar surface area (TPSA) is 23.0 Å². The molecule has 10 heteroatoms. The van der Waals surface area contributed by atoms with Crippen LogP contribution in [0.3, 0.4) is 0 Å². The molecule has 0 aliphatic heterocycles. The van der Waals surface area contributed by atoms with Gasteiger partial charge in [-0.05, 0) is 99.4 Å². The van der Waals surface area contributed by atoms with Gasteiger partial charge in [-0.15, -0.1) is 5.46 Å². The minimum Gasteiger partial charge on any atom is -0.456 e. The summed E-state index contributed by atoms with van der Waals surface area (Å²) in [7, 11) is 16.3. The van der Waals surface area contributed by atoms with Gasteiger partial charge in [0, 0.05) is 49.3 Å². The van der Waals surface area contributed by atoms with Crippen molar-refractivity contribution in [3.63, 3.8) is 0 Å². The fourth-order valence-electron chi connectivity index (χ4n) is 11.0. The van der Waals surface area contributed by atoms with E-state index in [-0.39, 0.29) is 0 Å². The average Bonchev–Trinajstić information content (AvgIpc) is 4.00. The molecule has 0 unspecified atom stereocenters. The SMILES string of the molecule is Bc1c(B)c(B)c2c(c1B)c1c(B)c(-c3ccc4c(c3)c3cc(-c5ccccc5)ccc3n4-c3cccc(-c4ccccc4)c3)c(B)c(B)c1n2-c1ccc2oc3ccccc3c2c1. The molecule has 12 aromatic rings. The van der Waals surface area contributed by atoms with Gasteiger partial charge in [0.2, 0.25) is 0 Å². The van der Waals surface area contributed by atoms with Crippen LogP contribution in [0.15, 0.2) is 168 Å². The van der Waals surface area contributed by atoms with Crippen LogP contribution in [0.4, 0.5) is 0 Å². The highest BCUT2D eigenvalue weighted by molar-refractivity contribution is 6.69. The molecule has 64 heavy (non-hydrogen) atoms. The normalized spacial score (nSPS) is 11.9. The standard InChI is InChI=1S/C54H41B7N2O/c55-46-43(47(56)51(60)53-44(46)45-48(57)49(58)50(59)52(61)54(45)63(53)34-20-23-42-38(27-34)35-16-7-8-17-41(35)64-42)32-19-22-40-37(26-32)36-25-31(29-12-5-2-6-13-29)18-21-39(36)62(40)33-15-9-14-30(24-33)28-10-3-1-4-11-28/h1-27H,55-61H2. The monoisotopic (exact) mass is 810 g/mol. The van der Waals surface area contributed by atoms with E-state index < -0.39 is 0 Å². The van der Waals surface area contributed by atoms with E-state index in [1.54, 1.807) is 0 Å². The van der Waals surface area contributed by atoms with Crippen LogP contribution in [-0.4, -0.2) is 64.1 Å². The van der Waals surface area contributed by atoms with E-state index >= 15 is 0 Å². The molecule has 0 bridgehead atoms. The fraction of sp³-hybridized carbons (Fsp3) is 0. The Labute approximate surface area is 379 Å². The highest BCUT2D eigenvalue weighted by Gasteiger charge is 2.26. The van der Waals surface area contributed by atoms with Crippen LogP contribution in [0.25, 0.3) is 110 Å². The van der Waals surface area contributed by atoms with Gasteiger partial charge >= 0.3 is 0 Å². The molecular weight excluding hydrogens is 768 g/mol. The van der Waals surface area contributed by atoms with Gasteiger partial charge in [-0.2, -0.15) is 0 Å². The van der Waals surface area contributed by atoms with E-state index in [2.05, 4.69) is 222 Å². The van der Waals surface area contributed by atoms with Crippen molar-refractivity contribution in [1.29, 1.82) is 0 Å². The number of rotatable bonds is 5. The van der Waals surface area contributed by atoms with Crippen molar-refractivity contribution in [3.8, 4) is 44.8 Å². The third-order valence-corrected chi connectivity index (χ3v) is 14.6. The number of hydrogen-bond acceptors (Lipinski definition) is 1. The first-order chi connectivity index (χ1) is 31.2. The highest BCUT2D eigenvalue weighted by atomic mass is 16.3. The second kappa shape index (κ2) is 14.4. The van der Waals surface area contributed by atoms with Gasteiger partial charge in [0.05, 0.1) is 11.0 Å². The molecule has 0 aliphatic carbocycles. The first-order valence-corrected chi connectivity index (χ1v) is 22.4. The Hall–Kier alpha value is -7.17. The molecule has 12 rings (SSSR count). The van der Waals surface area contributed by atoms with Crippen molar-refractivity contribution in [2.45, 2.75) is 0 Å². The number of benzene rings is 9. The van der Waals surface area contributed by atoms with Crippen LogP contribution in [-0.2, 0) is 0 Å². The van der Waals surface area contributed by atoms with Crippen LogP contribution < -0.4 is 38.2 Å². The smallest absolute Gasteiger partial charge is 0.141 e. The lowest BCUT2D eigenvalue weighted by Crippen LogP contribution is -2.48. The molecule has 0 radical (unpaired) electrons. The number of furan rings is 1. The van der Waals surface area contributed by atoms with Gasteiger partial charge in [0.1, 0.15) is 66.1 Å². The molecule has 0 fully saturated rings. The summed E-state index contributed by atoms with van der Waals surface area (Å²) in [5.74, 6) is 0. The van der Waals surface area contributed by atoms with Crippen LogP contribution in [0.2, 0.25) is 0 Å². The molecule has 0 saturated heterocycles. The first kappa shape index (κ1) is 38.5. The zero-order valence-corrected chi connectivity index (χ0v) is 37.4. The lowest BCUT2D eigenvalue weighted by atomic mass is 9.64. The van der Waals surface area contributed by atoms with Gasteiger partial charge in [-0.3, -0.25) is 0 Å². The predicted molar refractivity (Wildman–Crippen MR) is 296 cm³/mol. The number of hydrogen-bond donors (Lipinski definition) is 0. The van der Waals surface area contributed by atoms with E-state index in [1.807, 2.05) is 6.07 Å². The molecule has 0 aliphatic rings. The molecule has 294 valence electrons. The van der Waals surface area contributed by atoms with E-state index in [9.17, 15) is 0 Å². The summed E-state index contributed by atoms with van der Waals surface area (Å²) in [6.07, 6.45) is 0. The summed E-state index contributed by atoms with van der Waals surface area (Å²) < 4.78 is 11.3. The van der Waals surface area contributed by atoms with Crippen molar-refractivity contribution in [1.82, 2.24) is 9.13 Å². The molecule has 0 N–H and O–H groups in total. The summed E-state index contributed by atoms with van der Waals surface area (Å²) in [4.78, 5) is 0. The van der Waals surface area contributed by atoms with E-state index in [0.717, 1.165) is 33.3 Å². The molecule has 3 nitrogen and oxygen atoms in total. The Kier molecular flexibility index (Phi) is 8.69. The van der Waals surface area contributed by atoms with Gasteiger partial charge in [0.25, 0.3) is 0 Å². The molecule has 0 amide bonds. The van der Waals surface area contributed by atoms with Crippen LogP contribution in [0.5, 0.6) is 0 Å². The molecule has 3 heterocycles. The average molecular weight is 810 g/mol. The molecule has 3 aromatic heterocycles. The second-order valence-electron chi connectivity index (χ2n) is 17.9. The van der Waals surface area contributed by atoms with Crippen LogP contribution in [0, 0.1) is 0 Å². The van der Waals surface area contributed by atoms with E-state index in [4.69, 9.17) is 4.42 Å². The largest absolute Gasteiger partial charge is 0.456 e. The Morgan fingerprint density at radius 2 is 0.844 bits per heavy atom. The summed E-state index contributed by atoms with van der Waals surface area (Å²) in [5.41, 5.74) is 25.8. The van der Waals surface area contributed by atoms with Crippen LogP contribution in [0.1, 0.15) is 0 Å². The highest BCUT2D eigenvalue weighted by Crippen LogP contribution is 2.39. The summed E-state index contributed by atoms with van der Waals surface area (Å²) in [6, 6.07) is 59.7. The Balaban J connectivity index is 1.14. The lowest BCUT2D eigenvalue weighted by molar-refractivity contribution is 0.669. The van der Waals surface area contributed by atoms with Crippen LogP contribution >= 0.6 is 0 Å². The second-order valence-corrected chi connectivity index (χ2v) is 17.9. The maximum atomic E-state index is 6.33. The lowest BCUT2D eigenvalue weighted by Gasteiger charge is -2.19. The number of aromatic nitrogens is 2. The third-order valence-electron chi connectivity index (χ3n) is 14.6. The Morgan fingerprint density at radius 1 is 0.312 bits per heavy atom. The van der Waals surface area contributed by atoms with Gasteiger partial charge in [-0.1, -0.05) is 136 Å². The fourth-order valence-corrected chi connectivity index (χ4v) is 11.0. The molecule has 0 atom stereocenters. The van der Waals surface area contributed by atoms with E-state index in [1.165, 1.54) is 115 Å². The zero-order valence-electron chi connectivity index (χ0n) is 37.4. The van der Waals surface area contributed by atoms with Gasteiger partial charge in [-0.25, -0.2) is 0 Å². The number of nitrogens with zero attached hydrogens (tertiary/aromatic N) is 2. The molecule has 9 aromatic carbocycles. The molecular formula is C54H41B7N2O. The number of para-hydroxylation sites is 1. The maximum absolute atomic E-state index is 6.33. The summed E-state index contributed by atoms with van der Waals surface area (Å²) in [6.45, 7) is 0. The van der Waals surface area contributed by atoms with Crippen molar-refractivity contribution in [3.05, 3.63) is 164 Å². The van der Waals surface area contributed by atoms with Crippen molar-refractivity contribution >= 4 is 159 Å². The minimum absolute atomic E-state index is 0.911. The maximum Gasteiger partial charge on any atom is 0.141 e. The first-order valence-electron chi connectivity index (χ1n) is 22.4. The van der Waals surface area contributed by atoms with Crippen molar-refractivity contribution < 1.29 is 4.42 Å². The zero-order chi connectivity index (χ0) is 43.5. The minimum atomic E-state index is 0.911. The number of fused-ring (bicyclic) bond motifs is 9. The molecule has 0 saturated carbocycles. The van der Waals surface area contributed by atoms with Gasteiger partial charge in [0.15, 0.2) is 0 Å². The third kappa shape index (κ3) is 5.58. The summed E-state index contributed by atoms with van der Waals surface area (Å²) in [5, 5.41) is 7.45. The van der Waals surface area contributed by atoms with Gasteiger partial charge < -0.3 is 13.6 Å². The Morgan fingerprint density at radius 3 is 1.55 bits per heavy atom. The van der Waals surface area contributed by atoms with E-state index in [0.29, 0.717) is 0 Å². The van der Waals surface area contributed by atoms with Crippen molar-refractivity contribution in [2.75, 3.05) is 0 Å². The summed E-state index contributed by atoms with van der Waals surface area (Å²) >= 11 is 0. The molecule has 0 spiro atoms. The van der Waals surface area contributed by atoms with Crippen molar-refractivity contribution in [2.24, 2.45) is 0 Å². The predicted octanol–water partition coefficient (Wildman–Crippen LogP) is 2.59.